The van der Waals surface area contributed by atoms with Gasteiger partial charge in [-0.3, -0.25) is 19.2 Å². The second-order valence-corrected chi connectivity index (χ2v) is 10.8. The summed E-state index contributed by atoms with van der Waals surface area (Å²) in [6.45, 7) is 0. The number of hydrogen-bond acceptors (Lipinski definition) is 5. The van der Waals surface area contributed by atoms with Gasteiger partial charge in [-0.05, 0) is 19.3 Å². The molecule has 2 atom stereocenters. The minimum absolute atomic E-state index is 0.0472. The Labute approximate surface area is 240 Å². The van der Waals surface area contributed by atoms with Gasteiger partial charge in [0.1, 0.15) is 12.1 Å². The molecule has 37 heavy (non-hydrogen) atoms. The highest BCUT2D eigenvalue weighted by Gasteiger charge is 2.22. The topological polar surface area (TPSA) is 150 Å². The molecule has 0 aromatic rings. The summed E-state index contributed by atoms with van der Waals surface area (Å²) in [6, 6.07) is -1.85. The van der Waals surface area contributed by atoms with Crippen molar-refractivity contribution in [3.8, 4) is 0 Å². The number of carboxylic acids is 2. The SMILES string of the molecule is O=C(O)CCCCCCCCCCCCCCCCC(=O)N[C@@H](CCC(=O)N[C@@H](CI)C(=O)S)C(=O)O. The molecule has 0 fully saturated rings. The smallest absolute Gasteiger partial charge is 0.326 e. The summed E-state index contributed by atoms with van der Waals surface area (Å²) in [7, 11) is 0. The Morgan fingerprint density at radius 1 is 0.595 bits per heavy atom. The minimum atomic E-state index is -1.19. The van der Waals surface area contributed by atoms with E-state index in [1.165, 1.54) is 44.9 Å². The normalized spacial score (nSPS) is 12.5. The average molecular weight is 657 g/mol. The van der Waals surface area contributed by atoms with Gasteiger partial charge >= 0.3 is 11.9 Å². The highest BCUT2D eigenvalue weighted by Crippen LogP contribution is 2.14. The highest BCUT2D eigenvalue weighted by molar-refractivity contribution is 14.1. The summed E-state index contributed by atoms with van der Waals surface area (Å²) in [6.07, 6.45) is 15.6. The van der Waals surface area contributed by atoms with E-state index in [1.807, 2.05) is 22.6 Å². The van der Waals surface area contributed by atoms with Crippen molar-refractivity contribution in [1.29, 1.82) is 0 Å². The molecule has 0 radical (unpaired) electrons. The zero-order chi connectivity index (χ0) is 27.9. The first-order valence-electron chi connectivity index (χ1n) is 13.5. The predicted octanol–water partition coefficient (Wildman–Crippen LogP) is 5.04. The lowest BCUT2D eigenvalue weighted by atomic mass is 10.0. The Morgan fingerprint density at radius 3 is 1.35 bits per heavy atom. The van der Waals surface area contributed by atoms with Crippen LogP contribution in [-0.2, 0) is 24.0 Å². The largest absolute Gasteiger partial charge is 0.481 e. The lowest BCUT2D eigenvalue weighted by Crippen LogP contribution is -2.43. The zero-order valence-corrected chi connectivity index (χ0v) is 24.9. The Morgan fingerprint density at radius 2 is 0.973 bits per heavy atom. The van der Waals surface area contributed by atoms with Crippen LogP contribution in [0.15, 0.2) is 0 Å². The maximum atomic E-state index is 12.1. The van der Waals surface area contributed by atoms with Gasteiger partial charge in [-0.15, -0.1) is 12.6 Å². The van der Waals surface area contributed by atoms with Gasteiger partial charge in [-0.2, -0.15) is 0 Å². The van der Waals surface area contributed by atoms with E-state index in [1.54, 1.807) is 0 Å². The standard InChI is InChI=1S/C26H45IN2O7S/c27-19-21(26(36)37)29-23(31)18-17-20(25(34)35)28-22(30)15-13-11-9-7-5-3-1-2-4-6-8-10-12-14-16-24(32)33/h20-21H,1-19H2,(H,28,30)(H,29,31)(H,32,33)(H,34,35)(H,36,37)/t20-,21-/m0/s1. The molecule has 2 amide bonds. The van der Waals surface area contributed by atoms with Crippen molar-refractivity contribution in [2.75, 3.05) is 4.43 Å². The lowest BCUT2D eigenvalue weighted by molar-refractivity contribution is -0.142. The third-order valence-electron chi connectivity index (χ3n) is 6.13. The van der Waals surface area contributed by atoms with Crippen LogP contribution in [0.1, 0.15) is 116 Å². The molecule has 0 aliphatic heterocycles. The molecule has 0 aliphatic carbocycles. The number of hydrogen-bond donors (Lipinski definition) is 5. The number of halogens is 1. The van der Waals surface area contributed by atoms with Crippen LogP contribution in [0.5, 0.6) is 0 Å². The third-order valence-corrected chi connectivity index (χ3v) is 7.32. The molecular formula is C26H45IN2O7S. The van der Waals surface area contributed by atoms with Gasteiger partial charge in [0.2, 0.25) is 16.9 Å². The maximum absolute atomic E-state index is 12.1. The quantitative estimate of drug-likeness (QED) is 0.0400. The summed E-state index contributed by atoms with van der Waals surface area (Å²) >= 11 is 5.66. The summed E-state index contributed by atoms with van der Waals surface area (Å²) < 4.78 is 0.366. The summed E-state index contributed by atoms with van der Waals surface area (Å²) in [5, 5.41) is 22.5. The Balaban J connectivity index is 3.73. The van der Waals surface area contributed by atoms with Crippen molar-refractivity contribution in [3.05, 3.63) is 0 Å². The Bertz CT molecular complexity index is 694. The molecule has 9 nitrogen and oxygen atoms in total. The van der Waals surface area contributed by atoms with E-state index in [0.29, 0.717) is 10.8 Å². The van der Waals surface area contributed by atoms with E-state index < -0.39 is 35.0 Å². The van der Waals surface area contributed by atoms with Gasteiger partial charge in [0.05, 0.1) is 0 Å². The number of unbranched alkanes of at least 4 members (excludes halogenated alkanes) is 13. The Kier molecular flexibility index (Phi) is 22.8. The number of alkyl halides is 1. The van der Waals surface area contributed by atoms with Crippen LogP contribution >= 0.6 is 35.2 Å². The molecular weight excluding hydrogens is 611 g/mol. The number of carbonyl (C=O) groups excluding carboxylic acids is 3. The maximum Gasteiger partial charge on any atom is 0.326 e. The molecule has 0 unspecified atom stereocenters. The number of thiol groups is 1. The van der Waals surface area contributed by atoms with Crippen LogP contribution in [0.3, 0.4) is 0 Å². The van der Waals surface area contributed by atoms with E-state index in [9.17, 15) is 29.1 Å². The van der Waals surface area contributed by atoms with Crippen LogP contribution in [0.2, 0.25) is 0 Å². The molecule has 0 rings (SSSR count). The molecule has 0 spiro atoms. The van der Waals surface area contributed by atoms with E-state index in [0.717, 1.165) is 38.5 Å². The number of aliphatic carboxylic acids is 2. The number of rotatable bonds is 25. The number of carboxylic acid groups (broad SMARTS) is 2. The van der Waals surface area contributed by atoms with Crippen molar-refractivity contribution in [2.45, 2.75) is 128 Å². The fourth-order valence-electron chi connectivity index (χ4n) is 3.92. The zero-order valence-electron chi connectivity index (χ0n) is 21.9. The highest BCUT2D eigenvalue weighted by atomic mass is 127. The monoisotopic (exact) mass is 656 g/mol. The van der Waals surface area contributed by atoms with Gasteiger partial charge in [-0.25, -0.2) is 4.79 Å². The molecule has 0 bridgehead atoms. The second-order valence-electron chi connectivity index (χ2n) is 9.45. The van der Waals surface area contributed by atoms with E-state index >= 15 is 0 Å². The van der Waals surface area contributed by atoms with E-state index in [4.69, 9.17) is 5.11 Å². The average Bonchev–Trinajstić information content (AvgIpc) is 2.84. The fourth-order valence-corrected chi connectivity index (χ4v) is 5.04. The molecule has 0 aromatic heterocycles. The van der Waals surface area contributed by atoms with Crippen LogP contribution in [0, 0.1) is 0 Å². The fraction of sp³-hybridized carbons (Fsp3) is 0.808. The predicted molar refractivity (Wildman–Crippen MR) is 155 cm³/mol. The number of carbonyl (C=O) groups is 5. The van der Waals surface area contributed by atoms with E-state index in [2.05, 4.69) is 23.3 Å². The van der Waals surface area contributed by atoms with Crippen molar-refractivity contribution < 1.29 is 34.2 Å². The van der Waals surface area contributed by atoms with Crippen molar-refractivity contribution in [3.63, 3.8) is 0 Å². The minimum Gasteiger partial charge on any atom is -0.481 e. The first-order chi connectivity index (χ1) is 17.7. The van der Waals surface area contributed by atoms with E-state index in [-0.39, 0.29) is 31.6 Å². The van der Waals surface area contributed by atoms with Crippen molar-refractivity contribution >= 4 is 64.1 Å². The molecule has 0 heterocycles. The van der Waals surface area contributed by atoms with Crippen LogP contribution in [-0.4, -0.2) is 55.6 Å². The summed E-state index contributed by atoms with van der Waals surface area (Å²) in [4.78, 5) is 57.2. The van der Waals surface area contributed by atoms with Crippen LogP contribution in [0.4, 0.5) is 0 Å². The molecule has 0 saturated carbocycles. The molecule has 11 heteroatoms. The Hall–Kier alpha value is -1.37. The van der Waals surface area contributed by atoms with Crippen molar-refractivity contribution in [2.24, 2.45) is 0 Å². The van der Waals surface area contributed by atoms with Gasteiger partial charge in [0.25, 0.3) is 0 Å². The molecule has 0 saturated heterocycles. The van der Waals surface area contributed by atoms with Crippen LogP contribution in [0.25, 0.3) is 0 Å². The number of amides is 2. The van der Waals surface area contributed by atoms with Crippen molar-refractivity contribution in [1.82, 2.24) is 10.6 Å². The number of nitrogens with one attached hydrogen (secondary N) is 2. The summed E-state index contributed by atoms with van der Waals surface area (Å²) in [5.41, 5.74) is 0. The lowest BCUT2D eigenvalue weighted by Gasteiger charge is -2.16. The molecule has 0 aliphatic rings. The van der Waals surface area contributed by atoms with Gasteiger partial charge in [0.15, 0.2) is 0 Å². The van der Waals surface area contributed by atoms with Gasteiger partial charge in [-0.1, -0.05) is 99.6 Å². The second kappa shape index (κ2) is 23.7. The molecule has 214 valence electrons. The molecule has 4 N–H and O–H groups in total. The van der Waals surface area contributed by atoms with Crippen LogP contribution < -0.4 is 10.6 Å². The first-order valence-corrected chi connectivity index (χ1v) is 15.5. The van der Waals surface area contributed by atoms with Gasteiger partial charge < -0.3 is 20.8 Å². The first kappa shape index (κ1) is 35.6. The molecule has 0 aromatic carbocycles. The summed E-state index contributed by atoms with van der Waals surface area (Å²) in [5.74, 6) is -2.67. The van der Waals surface area contributed by atoms with Gasteiger partial charge in [0, 0.05) is 23.7 Å². The third kappa shape index (κ3) is 22.3.